The fourth-order valence-corrected chi connectivity index (χ4v) is 11.1. The number of terminal acetylenes is 1. The van der Waals surface area contributed by atoms with Gasteiger partial charge in [0.25, 0.3) is 11.5 Å². The lowest BCUT2D eigenvalue weighted by atomic mass is 9.86. The maximum absolute atomic E-state index is 14.8. The number of aliphatic hydroxyl groups is 2. The summed E-state index contributed by atoms with van der Waals surface area (Å²) in [6, 6.07) is 11.5. The molecule has 0 spiro atoms. The molecule has 2 aliphatic heterocycles. The van der Waals surface area contributed by atoms with Crippen LogP contribution in [0.15, 0.2) is 53.3 Å². The Morgan fingerprint density at radius 2 is 1.77 bits per heavy atom. The Morgan fingerprint density at radius 3 is 2.42 bits per heavy atom. The summed E-state index contributed by atoms with van der Waals surface area (Å²) in [5, 5.41) is 29.4. The van der Waals surface area contributed by atoms with E-state index in [1.54, 1.807) is 61.7 Å². The van der Waals surface area contributed by atoms with Crippen LogP contribution in [0.5, 0.6) is 5.75 Å². The van der Waals surface area contributed by atoms with Crippen LogP contribution < -0.4 is 25.6 Å². The maximum atomic E-state index is 14.8. The number of esters is 2. The molecule has 3 unspecified atom stereocenters. The fourth-order valence-electron chi connectivity index (χ4n) is 8.36. The number of aromatic nitrogens is 2. The molecule has 2 aromatic carbocycles. The Balaban J connectivity index is 1.08. The van der Waals surface area contributed by atoms with Crippen LogP contribution in [0, 0.1) is 12.1 Å². The smallest absolute Gasteiger partial charge is 0.459 e. The predicted molar refractivity (Wildman–Crippen MR) is 240 cm³/mol. The van der Waals surface area contributed by atoms with Crippen molar-refractivity contribution >= 4 is 49.7 Å². The first-order valence-corrected chi connectivity index (χ1v) is 24.7. The molecule has 5 N–H and O–H groups in total. The second kappa shape index (κ2) is 19.2. The van der Waals surface area contributed by atoms with E-state index < -0.39 is 51.1 Å². The van der Waals surface area contributed by atoms with Crippen LogP contribution >= 0.6 is 15.3 Å². The van der Waals surface area contributed by atoms with Crippen molar-refractivity contribution in [3.05, 3.63) is 86.7 Å². The lowest BCUT2D eigenvalue weighted by molar-refractivity contribution is -0.172. The molecule has 0 saturated heterocycles. The Bertz CT molecular complexity index is 2710. The molecule has 1 aliphatic carbocycles. The number of carbonyl (C=O) groups is 3. The topological polar surface area (TPSA) is 243 Å². The Hall–Kier alpha value is -5.37. The molecule has 0 radical (unpaired) electrons. The van der Waals surface area contributed by atoms with Crippen LogP contribution in [0.3, 0.4) is 0 Å². The van der Waals surface area contributed by atoms with Gasteiger partial charge in [-0.05, 0) is 113 Å². The largest absolute Gasteiger partial charge is 0.462 e. The first-order chi connectivity index (χ1) is 30.9. The molecule has 0 bridgehead atoms. The summed E-state index contributed by atoms with van der Waals surface area (Å²) < 4.78 is 57.1. The number of benzene rings is 2. The number of carbonyl (C=O) groups excluding carboxylic acids is 3. The molecule has 1 saturated carbocycles. The van der Waals surface area contributed by atoms with Crippen LogP contribution in [-0.4, -0.2) is 75.1 Å². The molecular weight excluding hydrogens is 880 g/mol. The van der Waals surface area contributed by atoms with Gasteiger partial charge < -0.3 is 43.7 Å². The molecule has 3 aliphatic rings. The van der Waals surface area contributed by atoms with Gasteiger partial charge in [-0.2, -0.15) is 5.09 Å². The van der Waals surface area contributed by atoms with Gasteiger partial charge in [0.2, 0.25) is 0 Å². The zero-order valence-electron chi connectivity index (χ0n) is 36.8. The van der Waals surface area contributed by atoms with E-state index in [-0.39, 0.29) is 67.2 Å². The van der Waals surface area contributed by atoms with Gasteiger partial charge in [0.05, 0.1) is 54.4 Å². The number of anilines is 1. The van der Waals surface area contributed by atoms with Gasteiger partial charge in [0.1, 0.15) is 18.4 Å². The standard InChI is InChI=1S/C45H53N5O13P2/c1-7-33-34-22-32(18-19-38(34)47-40-35(33)24-50-39(40)23-37-36(42(50)53)25-59-44(55)45(37,56)8-2)63-65(58,48-27(6)43(54)61-26(4)5)62-31-16-14-29(15-17-31)46-41(52)28-10-12-30(13-11-28)49-64(57,9-3)60-21-20-51/h3,10-13,18-19,22-23,26-27,29,31,51,56H,7-8,14-17,20-21,24-25H2,1-2,4-6H3,(H,46,52)(H,48,58)(H,49,57)/t27?,29?,31?,45-,64?,65?/m0/s1. The number of hydrogen-bond acceptors (Lipinski definition) is 14. The maximum Gasteiger partial charge on any atom is 0.459 e. The van der Waals surface area contributed by atoms with E-state index in [1.807, 2.05) is 6.92 Å². The number of aliphatic hydroxyl groups excluding tert-OH is 1. The summed E-state index contributed by atoms with van der Waals surface area (Å²) in [7, 11) is -8.00. The molecular formula is C45H53N5O13P2. The number of pyridine rings is 2. The van der Waals surface area contributed by atoms with E-state index in [2.05, 4.69) is 21.2 Å². The second-order valence-corrected chi connectivity index (χ2v) is 19.9. The number of nitrogens with one attached hydrogen (secondary N) is 3. The van der Waals surface area contributed by atoms with Crippen molar-refractivity contribution in [2.24, 2.45) is 0 Å². The summed E-state index contributed by atoms with van der Waals surface area (Å²) >= 11 is 0. The number of hydrogen-bond donors (Lipinski definition) is 5. The van der Waals surface area contributed by atoms with Crippen molar-refractivity contribution < 1.29 is 56.8 Å². The van der Waals surface area contributed by atoms with Crippen LogP contribution in [0.25, 0.3) is 22.3 Å². The van der Waals surface area contributed by atoms with E-state index in [9.17, 15) is 33.4 Å². The fraction of sp³-hybridized carbons (Fsp3) is 0.444. The van der Waals surface area contributed by atoms with Gasteiger partial charge in [-0.25, -0.2) is 14.3 Å². The van der Waals surface area contributed by atoms with Gasteiger partial charge in [0.15, 0.2) is 5.60 Å². The quantitative estimate of drug-likeness (QED) is 0.0407. The molecule has 346 valence electrons. The van der Waals surface area contributed by atoms with E-state index in [0.717, 1.165) is 11.1 Å². The first kappa shape index (κ1) is 47.6. The molecule has 1 amide bonds. The second-order valence-electron chi connectivity index (χ2n) is 16.5. The normalized spacial score (nSPS) is 21.1. The molecule has 1 fully saturated rings. The average Bonchev–Trinajstić information content (AvgIpc) is 3.65. The van der Waals surface area contributed by atoms with Crippen molar-refractivity contribution in [2.45, 2.75) is 116 Å². The lowest BCUT2D eigenvalue weighted by Gasteiger charge is -2.32. The Labute approximate surface area is 375 Å². The van der Waals surface area contributed by atoms with Gasteiger partial charge in [-0.1, -0.05) is 13.8 Å². The highest BCUT2D eigenvalue weighted by Gasteiger charge is 2.46. The van der Waals surface area contributed by atoms with Crippen molar-refractivity contribution in [2.75, 3.05) is 18.3 Å². The Morgan fingerprint density at radius 1 is 1.05 bits per heavy atom. The zero-order valence-corrected chi connectivity index (χ0v) is 38.5. The van der Waals surface area contributed by atoms with Crippen molar-refractivity contribution in [3.63, 3.8) is 0 Å². The van der Waals surface area contributed by atoms with Crippen molar-refractivity contribution in [1.82, 2.24) is 20.0 Å². The molecule has 2 aromatic heterocycles. The Kier molecular flexibility index (Phi) is 14.1. The third-order valence-electron chi connectivity index (χ3n) is 11.7. The average molecular weight is 934 g/mol. The van der Waals surface area contributed by atoms with Gasteiger partial charge >= 0.3 is 27.2 Å². The predicted octanol–water partition coefficient (Wildman–Crippen LogP) is 6.02. The van der Waals surface area contributed by atoms with E-state index in [0.29, 0.717) is 65.6 Å². The number of aryl methyl sites for hydroxylation is 1. The molecule has 18 nitrogen and oxygen atoms in total. The summed E-state index contributed by atoms with van der Waals surface area (Å²) in [6.45, 7) is 7.90. The number of ether oxygens (including phenoxy) is 2. The van der Waals surface area contributed by atoms with E-state index in [4.69, 9.17) is 39.6 Å². The SMILES string of the molecule is C#CP(=O)(Nc1ccc(C(=O)NC2CCC(OP(=O)(NC(C)C(=O)OC(C)C)Oc3ccc4nc5c(c(CC)c4c3)Cn3c-5cc4c(c3=O)COC(=O)[C@]4(O)CC)CC2)cc1)OCCO. The first-order valence-electron chi connectivity index (χ1n) is 21.5. The van der Waals surface area contributed by atoms with Crippen LogP contribution in [-0.2, 0) is 62.4 Å². The van der Waals surface area contributed by atoms with E-state index in [1.165, 1.54) is 19.1 Å². The van der Waals surface area contributed by atoms with Crippen LogP contribution in [0.1, 0.15) is 99.3 Å². The third kappa shape index (κ3) is 9.93. The zero-order chi connectivity index (χ0) is 46.8. The number of fused-ring (bicyclic) bond motifs is 5. The molecule has 65 heavy (non-hydrogen) atoms. The van der Waals surface area contributed by atoms with Crippen LogP contribution in [0.4, 0.5) is 5.69 Å². The van der Waals surface area contributed by atoms with Gasteiger partial charge in [-0.15, -0.1) is 6.42 Å². The minimum atomic E-state index is -4.32. The molecule has 20 heteroatoms. The highest BCUT2D eigenvalue weighted by Crippen LogP contribution is 2.49. The highest BCUT2D eigenvalue weighted by molar-refractivity contribution is 7.65. The highest BCUT2D eigenvalue weighted by atomic mass is 31.2. The third-order valence-corrected chi connectivity index (χ3v) is 14.8. The minimum Gasteiger partial charge on any atom is -0.462 e. The number of rotatable bonds is 17. The number of nitrogens with zero attached hydrogens (tertiary/aromatic N) is 2. The minimum absolute atomic E-state index is 0.0189. The van der Waals surface area contributed by atoms with E-state index >= 15 is 0 Å². The summed E-state index contributed by atoms with van der Waals surface area (Å²) in [5.41, 5.74) is 4.11. The van der Waals surface area contributed by atoms with Crippen molar-refractivity contribution in [1.29, 1.82) is 0 Å². The number of amides is 1. The van der Waals surface area contributed by atoms with Crippen molar-refractivity contribution in [3.8, 4) is 29.2 Å². The molecule has 4 heterocycles. The molecule has 4 atom stereocenters. The van der Waals surface area contributed by atoms with Gasteiger partial charge in [0, 0.05) is 39.5 Å². The molecule has 4 aromatic rings. The number of cyclic esters (lactones) is 1. The summed E-state index contributed by atoms with van der Waals surface area (Å²) in [5.74, 6) is -1.62. The van der Waals surface area contributed by atoms with Gasteiger partial charge in [-0.3, -0.25) is 23.5 Å². The lowest BCUT2D eigenvalue weighted by Crippen LogP contribution is -2.44. The summed E-state index contributed by atoms with van der Waals surface area (Å²) in [4.78, 5) is 57.6. The van der Waals surface area contributed by atoms with Crippen LogP contribution in [0.2, 0.25) is 0 Å². The monoisotopic (exact) mass is 933 g/mol. The summed E-state index contributed by atoms with van der Waals surface area (Å²) in [6.07, 6.45) is 6.66. The molecule has 7 rings (SSSR count).